The summed E-state index contributed by atoms with van der Waals surface area (Å²) in [7, 11) is 3.89. The van der Waals surface area contributed by atoms with Gasteiger partial charge in [-0.25, -0.2) is 0 Å². The molecule has 2 rings (SSSR count). The molecule has 0 bridgehead atoms. The van der Waals surface area contributed by atoms with Crippen molar-refractivity contribution in [2.75, 3.05) is 66.6 Å². The molecule has 0 aliphatic carbocycles. The van der Waals surface area contributed by atoms with E-state index in [1.165, 1.54) is 19.3 Å². The lowest BCUT2D eigenvalue weighted by molar-refractivity contribution is 0.150. The van der Waals surface area contributed by atoms with Gasteiger partial charge in [-0.2, -0.15) is 0 Å². The van der Waals surface area contributed by atoms with Crippen LogP contribution in [0.1, 0.15) is 44.4 Å². The molecular formula is C21H40IN5O2. The summed E-state index contributed by atoms with van der Waals surface area (Å²) in [6, 6.07) is 4.26. The average Bonchev–Trinajstić information content (AvgIpc) is 3.23. The Balaban J connectivity index is 0.00000420. The summed E-state index contributed by atoms with van der Waals surface area (Å²) < 4.78 is 10.9. The maximum atomic E-state index is 5.73. The molecule has 1 fully saturated rings. The molecule has 29 heavy (non-hydrogen) atoms. The van der Waals surface area contributed by atoms with Gasteiger partial charge < -0.3 is 24.7 Å². The van der Waals surface area contributed by atoms with E-state index in [9.17, 15) is 0 Å². The van der Waals surface area contributed by atoms with E-state index in [1.807, 2.05) is 6.07 Å². The van der Waals surface area contributed by atoms with E-state index in [-0.39, 0.29) is 30.0 Å². The van der Waals surface area contributed by atoms with Crippen LogP contribution in [0.25, 0.3) is 0 Å². The van der Waals surface area contributed by atoms with Crippen LogP contribution >= 0.6 is 24.0 Å². The van der Waals surface area contributed by atoms with Gasteiger partial charge in [-0.05, 0) is 58.5 Å². The average molecular weight is 521 g/mol. The lowest BCUT2D eigenvalue weighted by atomic mass is 10.1. The van der Waals surface area contributed by atoms with Crippen LogP contribution in [0.2, 0.25) is 0 Å². The Morgan fingerprint density at radius 3 is 2.72 bits per heavy atom. The third-order valence-electron chi connectivity index (χ3n) is 5.14. The molecule has 0 amide bonds. The SMILES string of the molecule is CCNC(=NCC(c1ccco1)N1CCCCC1)NCCN(C)CCCOC.I. The quantitative estimate of drug-likeness (QED) is 0.191. The first-order valence-corrected chi connectivity index (χ1v) is 10.7. The summed E-state index contributed by atoms with van der Waals surface area (Å²) in [4.78, 5) is 9.70. The first-order valence-electron chi connectivity index (χ1n) is 10.7. The van der Waals surface area contributed by atoms with Gasteiger partial charge in [0, 0.05) is 39.9 Å². The smallest absolute Gasteiger partial charge is 0.191 e. The van der Waals surface area contributed by atoms with Crippen LogP contribution in [0, 0.1) is 0 Å². The Morgan fingerprint density at radius 1 is 1.28 bits per heavy atom. The minimum absolute atomic E-state index is 0. The first-order chi connectivity index (χ1) is 13.7. The molecular weight excluding hydrogens is 481 g/mol. The molecule has 1 aliphatic heterocycles. The molecule has 2 heterocycles. The highest BCUT2D eigenvalue weighted by Crippen LogP contribution is 2.25. The van der Waals surface area contributed by atoms with Crippen molar-refractivity contribution in [2.24, 2.45) is 4.99 Å². The number of methoxy groups -OCH3 is 1. The third kappa shape index (κ3) is 10.1. The topological polar surface area (TPSA) is 65.3 Å². The summed E-state index contributed by atoms with van der Waals surface area (Å²) in [5.41, 5.74) is 0. The van der Waals surface area contributed by atoms with E-state index < -0.39 is 0 Å². The molecule has 1 saturated heterocycles. The van der Waals surface area contributed by atoms with Crippen LogP contribution in [-0.4, -0.2) is 82.3 Å². The fourth-order valence-electron chi connectivity index (χ4n) is 3.57. The van der Waals surface area contributed by atoms with E-state index in [0.717, 1.165) is 64.0 Å². The van der Waals surface area contributed by atoms with E-state index in [4.69, 9.17) is 14.1 Å². The van der Waals surface area contributed by atoms with E-state index in [0.29, 0.717) is 6.54 Å². The van der Waals surface area contributed by atoms with Crippen molar-refractivity contribution in [2.45, 2.75) is 38.6 Å². The third-order valence-corrected chi connectivity index (χ3v) is 5.14. The lowest BCUT2D eigenvalue weighted by Gasteiger charge is -2.32. The zero-order valence-electron chi connectivity index (χ0n) is 18.4. The van der Waals surface area contributed by atoms with Crippen LogP contribution in [0.15, 0.2) is 27.8 Å². The predicted molar refractivity (Wildman–Crippen MR) is 130 cm³/mol. The van der Waals surface area contributed by atoms with Gasteiger partial charge >= 0.3 is 0 Å². The van der Waals surface area contributed by atoms with Crippen molar-refractivity contribution in [1.82, 2.24) is 20.4 Å². The molecule has 0 radical (unpaired) electrons. The number of piperidine rings is 1. The van der Waals surface area contributed by atoms with E-state index in [2.05, 4.69) is 40.5 Å². The van der Waals surface area contributed by atoms with Gasteiger partial charge in [0.25, 0.3) is 0 Å². The fourth-order valence-corrected chi connectivity index (χ4v) is 3.57. The Bertz CT molecular complexity index is 535. The van der Waals surface area contributed by atoms with Crippen LogP contribution in [-0.2, 0) is 4.74 Å². The van der Waals surface area contributed by atoms with Gasteiger partial charge in [-0.15, -0.1) is 24.0 Å². The molecule has 8 heteroatoms. The fraction of sp³-hybridized carbons (Fsp3) is 0.762. The number of ether oxygens (including phenoxy) is 1. The minimum atomic E-state index is 0. The summed E-state index contributed by atoms with van der Waals surface area (Å²) >= 11 is 0. The second kappa shape index (κ2) is 15.9. The van der Waals surface area contributed by atoms with Crippen LogP contribution in [0.4, 0.5) is 0 Å². The highest BCUT2D eigenvalue weighted by Gasteiger charge is 2.24. The normalized spacial score (nSPS) is 16.5. The molecule has 0 spiro atoms. The van der Waals surface area contributed by atoms with Gasteiger partial charge in [-0.3, -0.25) is 9.89 Å². The molecule has 1 aromatic rings. The Labute approximate surface area is 193 Å². The van der Waals surface area contributed by atoms with Crippen molar-refractivity contribution < 1.29 is 9.15 Å². The van der Waals surface area contributed by atoms with Crippen molar-refractivity contribution in [3.05, 3.63) is 24.2 Å². The lowest BCUT2D eigenvalue weighted by Crippen LogP contribution is -2.42. The molecule has 168 valence electrons. The number of likely N-dealkylation sites (tertiary alicyclic amines) is 1. The Hall–Kier alpha value is -0.840. The first kappa shape index (κ1) is 26.2. The number of aliphatic imine (C=N–C) groups is 1. The maximum absolute atomic E-state index is 5.73. The largest absolute Gasteiger partial charge is 0.468 e. The standard InChI is InChI=1S/C21H39N5O2.HI/c1-4-22-21(23-11-15-25(2)12-9-16-27-3)24-18-19(20-10-8-17-28-20)26-13-6-5-7-14-26;/h8,10,17,19H,4-7,9,11-16,18H2,1-3H3,(H2,22,23,24);1H. The molecule has 0 aromatic carbocycles. The molecule has 1 aliphatic rings. The summed E-state index contributed by atoms with van der Waals surface area (Å²) in [6.07, 6.45) is 6.66. The zero-order valence-corrected chi connectivity index (χ0v) is 20.7. The second-order valence-electron chi connectivity index (χ2n) is 7.42. The number of halogens is 1. The monoisotopic (exact) mass is 521 g/mol. The molecule has 1 atom stereocenters. The van der Waals surface area contributed by atoms with Gasteiger partial charge in [0.2, 0.25) is 0 Å². The number of nitrogens with one attached hydrogen (secondary N) is 2. The maximum Gasteiger partial charge on any atom is 0.191 e. The van der Waals surface area contributed by atoms with Crippen LogP contribution in [0.3, 0.4) is 0 Å². The highest BCUT2D eigenvalue weighted by molar-refractivity contribution is 14.0. The van der Waals surface area contributed by atoms with Crippen molar-refractivity contribution in [1.29, 1.82) is 0 Å². The van der Waals surface area contributed by atoms with Crippen molar-refractivity contribution in [3.63, 3.8) is 0 Å². The molecule has 1 unspecified atom stereocenters. The van der Waals surface area contributed by atoms with Crippen molar-refractivity contribution in [3.8, 4) is 0 Å². The second-order valence-corrected chi connectivity index (χ2v) is 7.42. The molecule has 2 N–H and O–H groups in total. The van der Waals surface area contributed by atoms with Crippen LogP contribution in [0.5, 0.6) is 0 Å². The zero-order chi connectivity index (χ0) is 20.0. The number of hydrogen-bond acceptors (Lipinski definition) is 5. The van der Waals surface area contributed by atoms with Crippen molar-refractivity contribution >= 4 is 29.9 Å². The van der Waals surface area contributed by atoms with E-state index in [1.54, 1.807) is 13.4 Å². The molecule has 1 aromatic heterocycles. The number of likely N-dealkylation sites (N-methyl/N-ethyl adjacent to an activating group) is 1. The Morgan fingerprint density at radius 2 is 2.07 bits per heavy atom. The minimum Gasteiger partial charge on any atom is -0.468 e. The number of rotatable bonds is 12. The van der Waals surface area contributed by atoms with E-state index >= 15 is 0 Å². The van der Waals surface area contributed by atoms with Gasteiger partial charge in [0.1, 0.15) is 5.76 Å². The van der Waals surface area contributed by atoms with Gasteiger partial charge in [0.15, 0.2) is 5.96 Å². The highest BCUT2D eigenvalue weighted by atomic mass is 127. The summed E-state index contributed by atoms with van der Waals surface area (Å²) in [6.45, 7) is 9.59. The van der Waals surface area contributed by atoms with Gasteiger partial charge in [0.05, 0.1) is 18.8 Å². The molecule has 0 saturated carbocycles. The van der Waals surface area contributed by atoms with Gasteiger partial charge in [-0.1, -0.05) is 6.42 Å². The summed E-state index contributed by atoms with van der Waals surface area (Å²) in [5.74, 6) is 1.89. The van der Waals surface area contributed by atoms with Crippen LogP contribution < -0.4 is 10.6 Å². The predicted octanol–water partition coefficient (Wildman–Crippen LogP) is 2.95. The number of furan rings is 1. The Kier molecular flexibility index (Phi) is 14.4. The number of guanidine groups is 1. The number of nitrogens with zero attached hydrogens (tertiary/aromatic N) is 3. The molecule has 7 nitrogen and oxygen atoms in total. The summed E-state index contributed by atoms with van der Waals surface area (Å²) in [5, 5.41) is 6.83. The number of hydrogen-bond donors (Lipinski definition) is 2.